The molecule has 0 saturated heterocycles. The van der Waals surface area contributed by atoms with Gasteiger partial charge >= 0.3 is 0 Å². The lowest BCUT2D eigenvalue weighted by Crippen LogP contribution is -2.00. The fourth-order valence-corrected chi connectivity index (χ4v) is 2.45. The minimum atomic E-state index is 0.787. The Labute approximate surface area is 139 Å². The lowest BCUT2D eigenvalue weighted by molar-refractivity contribution is 0.306. The van der Waals surface area contributed by atoms with Crippen LogP contribution in [0.1, 0.15) is 42.9 Å². The van der Waals surface area contributed by atoms with Crippen molar-refractivity contribution < 1.29 is 4.74 Å². The normalized spacial score (nSPS) is 10.9. The third kappa shape index (κ3) is 5.44. The Morgan fingerprint density at radius 3 is 2.39 bits per heavy atom. The van der Waals surface area contributed by atoms with Crippen molar-refractivity contribution in [2.75, 3.05) is 12.0 Å². The van der Waals surface area contributed by atoms with Gasteiger partial charge in [0.25, 0.3) is 0 Å². The van der Waals surface area contributed by atoms with Crippen molar-refractivity contribution in [2.45, 2.75) is 40.0 Å². The van der Waals surface area contributed by atoms with Crippen LogP contribution in [0.25, 0.3) is 0 Å². The quantitative estimate of drug-likeness (QED) is 0.407. The van der Waals surface area contributed by atoms with Crippen molar-refractivity contribution in [1.29, 1.82) is 0 Å². The molecule has 0 amide bonds. The molecule has 0 aliphatic carbocycles. The van der Waals surface area contributed by atoms with Crippen molar-refractivity contribution >= 4 is 11.9 Å². The molecule has 0 aliphatic rings. The van der Waals surface area contributed by atoms with Gasteiger partial charge < -0.3 is 4.74 Å². The van der Waals surface area contributed by atoms with Gasteiger partial charge in [-0.2, -0.15) is 5.10 Å². The first-order valence-corrected chi connectivity index (χ1v) is 8.29. The molecule has 0 fully saturated rings. The molecule has 0 radical (unpaired) electrons. The van der Waals surface area contributed by atoms with Gasteiger partial charge in [-0.05, 0) is 55.7 Å². The van der Waals surface area contributed by atoms with E-state index in [1.165, 1.54) is 24.0 Å². The van der Waals surface area contributed by atoms with Crippen molar-refractivity contribution in [3.05, 3.63) is 59.2 Å². The van der Waals surface area contributed by atoms with E-state index in [4.69, 9.17) is 4.74 Å². The highest BCUT2D eigenvalue weighted by atomic mass is 16.5. The van der Waals surface area contributed by atoms with Crippen LogP contribution in [0.5, 0.6) is 5.75 Å². The predicted octanol–water partition coefficient (Wildman–Crippen LogP) is 5.32. The molecular formula is C20H26N2O. The maximum Gasteiger partial charge on any atom is 0.119 e. The third-order valence-corrected chi connectivity index (χ3v) is 3.74. The van der Waals surface area contributed by atoms with E-state index in [9.17, 15) is 0 Å². The number of aryl methyl sites for hydroxylation is 2. The van der Waals surface area contributed by atoms with Gasteiger partial charge in [0.2, 0.25) is 0 Å². The number of anilines is 1. The van der Waals surface area contributed by atoms with Crippen LogP contribution >= 0.6 is 0 Å². The topological polar surface area (TPSA) is 33.6 Å². The monoisotopic (exact) mass is 310 g/mol. The van der Waals surface area contributed by atoms with Gasteiger partial charge in [-0.3, -0.25) is 5.43 Å². The van der Waals surface area contributed by atoms with Crippen LogP contribution in [-0.2, 0) is 0 Å². The van der Waals surface area contributed by atoms with Crippen LogP contribution in [0.4, 0.5) is 5.69 Å². The number of nitrogens with one attached hydrogen (secondary N) is 1. The smallest absolute Gasteiger partial charge is 0.119 e. The molecule has 2 aromatic carbocycles. The first kappa shape index (κ1) is 17.1. The summed E-state index contributed by atoms with van der Waals surface area (Å²) in [5.74, 6) is 0.948. The largest absolute Gasteiger partial charge is 0.494 e. The van der Waals surface area contributed by atoms with E-state index in [1.54, 1.807) is 0 Å². The number of para-hydroxylation sites is 1. The van der Waals surface area contributed by atoms with Crippen molar-refractivity contribution in [2.24, 2.45) is 5.10 Å². The highest BCUT2D eigenvalue weighted by Crippen LogP contribution is 2.21. The van der Waals surface area contributed by atoms with E-state index in [1.807, 2.05) is 36.5 Å². The summed E-state index contributed by atoms with van der Waals surface area (Å²) in [6, 6.07) is 14.1. The SMILES string of the molecule is CCCCCOc1cc(C)c(C=NNc2ccccc2)c(C)c1. The second-order valence-corrected chi connectivity index (χ2v) is 5.76. The fraction of sp³-hybridized carbons (Fsp3) is 0.350. The van der Waals surface area contributed by atoms with Gasteiger partial charge in [-0.1, -0.05) is 38.0 Å². The molecular weight excluding hydrogens is 284 g/mol. The third-order valence-electron chi connectivity index (χ3n) is 3.74. The molecule has 3 nitrogen and oxygen atoms in total. The second kappa shape index (κ2) is 8.99. The van der Waals surface area contributed by atoms with Crippen LogP contribution in [-0.4, -0.2) is 12.8 Å². The molecule has 0 unspecified atom stereocenters. The van der Waals surface area contributed by atoms with Gasteiger partial charge in [0.15, 0.2) is 0 Å². The van der Waals surface area contributed by atoms with Crippen molar-refractivity contribution in [1.82, 2.24) is 0 Å². The molecule has 0 heterocycles. The Balaban J connectivity index is 1.99. The van der Waals surface area contributed by atoms with E-state index in [-0.39, 0.29) is 0 Å². The van der Waals surface area contributed by atoms with Gasteiger partial charge in [-0.15, -0.1) is 0 Å². The van der Waals surface area contributed by atoms with Crippen molar-refractivity contribution in [3.63, 3.8) is 0 Å². The fourth-order valence-electron chi connectivity index (χ4n) is 2.45. The predicted molar refractivity (Wildman–Crippen MR) is 98.6 cm³/mol. The molecule has 0 aromatic heterocycles. The summed E-state index contributed by atoms with van der Waals surface area (Å²) >= 11 is 0. The molecule has 0 saturated carbocycles. The summed E-state index contributed by atoms with van der Waals surface area (Å²) in [6.07, 6.45) is 5.41. The standard InChI is InChI=1S/C20H26N2O/c1-4-5-9-12-23-19-13-16(2)20(17(3)14-19)15-21-22-18-10-7-6-8-11-18/h6-8,10-11,13-15,22H,4-5,9,12H2,1-3H3. The number of nitrogens with zero attached hydrogens (tertiary/aromatic N) is 1. The molecule has 3 heteroatoms. The van der Waals surface area contributed by atoms with Gasteiger partial charge in [0.05, 0.1) is 18.5 Å². The minimum absolute atomic E-state index is 0.787. The van der Waals surface area contributed by atoms with E-state index in [0.717, 1.165) is 30.0 Å². The number of ether oxygens (including phenoxy) is 1. The molecule has 23 heavy (non-hydrogen) atoms. The summed E-state index contributed by atoms with van der Waals surface area (Å²) in [7, 11) is 0. The van der Waals surface area contributed by atoms with Crippen LogP contribution in [0.3, 0.4) is 0 Å². The molecule has 1 N–H and O–H groups in total. The Morgan fingerprint density at radius 2 is 1.74 bits per heavy atom. The van der Waals surface area contributed by atoms with Crippen molar-refractivity contribution in [3.8, 4) is 5.75 Å². The number of hydrazone groups is 1. The number of hydrogen-bond acceptors (Lipinski definition) is 3. The molecule has 122 valence electrons. The Kier molecular flexibility index (Phi) is 6.67. The molecule has 0 spiro atoms. The average Bonchev–Trinajstić information content (AvgIpc) is 2.55. The summed E-state index contributed by atoms with van der Waals surface area (Å²) in [4.78, 5) is 0. The molecule has 0 bridgehead atoms. The van der Waals surface area contributed by atoms with Crippen LogP contribution in [0.15, 0.2) is 47.6 Å². The van der Waals surface area contributed by atoms with Crippen LogP contribution in [0, 0.1) is 13.8 Å². The maximum absolute atomic E-state index is 5.84. The Bertz CT molecular complexity index is 612. The second-order valence-electron chi connectivity index (χ2n) is 5.76. The van der Waals surface area contributed by atoms with E-state index in [0.29, 0.717) is 0 Å². The molecule has 0 aliphatic heterocycles. The lowest BCUT2D eigenvalue weighted by Gasteiger charge is -2.11. The zero-order valence-electron chi connectivity index (χ0n) is 14.3. The zero-order valence-corrected chi connectivity index (χ0v) is 14.3. The first-order valence-electron chi connectivity index (χ1n) is 8.29. The first-order chi connectivity index (χ1) is 11.2. The number of rotatable bonds is 8. The number of benzene rings is 2. The summed E-state index contributed by atoms with van der Waals surface area (Å²) in [5.41, 5.74) is 7.51. The van der Waals surface area contributed by atoms with E-state index >= 15 is 0 Å². The Morgan fingerprint density at radius 1 is 1.04 bits per heavy atom. The maximum atomic E-state index is 5.84. The number of hydrogen-bond donors (Lipinski definition) is 1. The van der Waals surface area contributed by atoms with Crippen LogP contribution in [0.2, 0.25) is 0 Å². The highest BCUT2D eigenvalue weighted by Gasteiger charge is 2.04. The molecule has 2 aromatic rings. The number of unbranched alkanes of at least 4 members (excludes halogenated alkanes) is 2. The minimum Gasteiger partial charge on any atom is -0.494 e. The summed E-state index contributed by atoms with van der Waals surface area (Å²) < 4.78 is 5.84. The summed E-state index contributed by atoms with van der Waals surface area (Å²) in [6.45, 7) is 7.17. The van der Waals surface area contributed by atoms with E-state index in [2.05, 4.69) is 43.4 Å². The van der Waals surface area contributed by atoms with Crippen LogP contribution < -0.4 is 10.2 Å². The molecule has 2 rings (SSSR count). The average molecular weight is 310 g/mol. The lowest BCUT2D eigenvalue weighted by atomic mass is 10.0. The Hall–Kier alpha value is -2.29. The highest BCUT2D eigenvalue weighted by molar-refractivity contribution is 5.84. The summed E-state index contributed by atoms with van der Waals surface area (Å²) in [5, 5.41) is 4.33. The zero-order chi connectivity index (χ0) is 16.5. The van der Waals surface area contributed by atoms with Gasteiger partial charge in [0, 0.05) is 5.56 Å². The molecule has 0 atom stereocenters. The van der Waals surface area contributed by atoms with Gasteiger partial charge in [-0.25, -0.2) is 0 Å². The van der Waals surface area contributed by atoms with Gasteiger partial charge in [0.1, 0.15) is 5.75 Å². The van der Waals surface area contributed by atoms with E-state index < -0.39 is 0 Å².